The van der Waals surface area contributed by atoms with E-state index in [9.17, 15) is 9.59 Å². The number of pyridine rings is 1. The Bertz CT molecular complexity index is 810. The lowest BCUT2D eigenvalue weighted by Crippen LogP contribution is -2.37. The van der Waals surface area contributed by atoms with Gasteiger partial charge in [0.15, 0.2) is 0 Å². The van der Waals surface area contributed by atoms with E-state index in [1.165, 1.54) is 10.6 Å². The number of aromatic nitrogens is 2. The second-order valence-electron chi connectivity index (χ2n) is 5.51. The van der Waals surface area contributed by atoms with Crippen LogP contribution in [0.1, 0.15) is 22.3 Å². The Morgan fingerprint density at radius 1 is 1.50 bits per heavy atom. The second kappa shape index (κ2) is 5.73. The number of nitrogens with one attached hydrogen (secondary N) is 1. The Morgan fingerprint density at radius 2 is 2.32 bits per heavy atom. The summed E-state index contributed by atoms with van der Waals surface area (Å²) < 4.78 is 1.38. The SMILES string of the molecule is Cc1cccn2c(=O)c(C(=O)N[C@@H]3C=C[C@H](CO)C3)cnc12. The number of aliphatic hydroxyl groups excluding tert-OH is 1. The highest BCUT2D eigenvalue weighted by Crippen LogP contribution is 2.17. The Kier molecular flexibility index (Phi) is 3.77. The van der Waals surface area contributed by atoms with Crippen LogP contribution in [0.4, 0.5) is 0 Å². The fourth-order valence-corrected chi connectivity index (χ4v) is 2.67. The fraction of sp³-hybridized carbons (Fsp3) is 0.312. The van der Waals surface area contributed by atoms with E-state index < -0.39 is 5.91 Å². The van der Waals surface area contributed by atoms with Crippen molar-refractivity contribution >= 4 is 11.6 Å². The first-order valence-electron chi connectivity index (χ1n) is 7.17. The van der Waals surface area contributed by atoms with Crippen molar-refractivity contribution in [1.29, 1.82) is 0 Å². The molecule has 0 aliphatic heterocycles. The lowest BCUT2D eigenvalue weighted by molar-refractivity contribution is 0.0939. The van der Waals surface area contributed by atoms with Gasteiger partial charge in [0.05, 0.1) is 0 Å². The van der Waals surface area contributed by atoms with E-state index >= 15 is 0 Å². The number of aliphatic hydroxyl groups is 1. The number of hydrogen-bond donors (Lipinski definition) is 2. The smallest absolute Gasteiger partial charge is 0.270 e. The van der Waals surface area contributed by atoms with Crippen LogP contribution in [0.3, 0.4) is 0 Å². The molecule has 0 unspecified atom stereocenters. The van der Waals surface area contributed by atoms with E-state index in [1.807, 2.05) is 25.1 Å². The number of fused-ring (bicyclic) bond motifs is 1. The van der Waals surface area contributed by atoms with E-state index in [-0.39, 0.29) is 29.7 Å². The van der Waals surface area contributed by atoms with Crippen LogP contribution in [0.2, 0.25) is 0 Å². The highest BCUT2D eigenvalue weighted by molar-refractivity contribution is 5.94. The third kappa shape index (κ3) is 2.53. The van der Waals surface area contributed by atoms with Crippen molar-refractivity contribution in [3.8, 4) is 0 Å². The maximum Gasteiger partial charge on any atom is 0.270 e. The van der Waals surface area contributed by atoms with Crippen molar-refractivity contribution in [2.45, 2.75) is 19.4 Å². The van der Waals surface area contributed by atoms with Crippen molar-refractivity contribution in [3.05, 3.63) is 58.2 Å². The molecule has 0 spiro atoms. The molecule has 2 heterocycles. The molecule has 3 rings (SSSR count). The van der Waals surface area contributed by atoms with Gasteiger partial charge in [-0.2, -0.15) is 0 Å². The summed E-state index contributed by atoms with van der Waals surface area (Å²) in [5.41, 5.74) is 1.05. The number of amides is 1. The molecule has 0 aromatic carbocycles. The van der Waals surface area contributed by atoms with E-state index in [2.05, 4.69) is 10.3 Å². The lowest BCUT2D eigenvalue weighted by Gasteiger charge is -2.12. The van der Waals surface area contributed by atoms with Crippen LogP contribution in [-0.4, -0.2) is 33.0 Å². The van der Waals surface area contributed by atoms with Gasteiger partial charge >= 0.3 is 0 Å². The third-order valence-corrected chi connectivity index (χ3v) is 3.90. The summed E-state index contributed by atoms with van der Waals surface area (Å²) in [5.74, 6) is -0.384. The van der Waals surface area contributed by atoms with Crippen LogP contribution >= 0.6 is 0 Å². The van der Waals surface area contributed by atoms with Crippen molar-refractivity contribution in [2.24, 2.45) is 5.92 Å². The molecule has 22 heavy (non-hydrogen) atoms. The van der Waals surface area contributed by atoms with E-state index in [0.29, 0.717) is 12.1 Å². The Morgan fingerprint density at radius 3 is 3.05 bits per heavy atom. The quantitative estimate of drug-likeness (QED) is 0.816. The average Bonchev–Trinajstić information content (AvgIpc) is 2.96. The van der Waals surface area contributed by atoms with Gasteiger partial charge in [-0.1, -0.05) is 18.2 Å². The van der Waals surface area contributed by atoms with Crippen LogP contribution in [0.5, 0.6) is 0 Å². The van der Waals surface area contributed by atoms with Gasteiger partial charge in [-0.15, -0.1) is 0 Å². The molecule has 0 saturated heterocycles. The van der Waals surface area contributed by atoms with Gasteiger partial charge in [-0.3, -0.25) is 14.0 Å². The zero-order valence-electron chi connectivity index (χ0n) is 12.2. The first kappa shape index (κ1) is 14.5. The van der Waals surface area contributed by atoms with Crippen LogP contribution in [0.15, 0.2) is 41.5 Å². The highest BCUT2D eigenvalue weighted by atomic mass is 16.3. The van der Waals surface area contributed by atoms with Gasteiger partial charge in [-0.25, -0.2) is 4.98 Å². The van der Waals surface area contributed by atoms with E-state index in [0.717, 1.165) is 5.56 Å². The maximum absolute atomic E-state index is 12.4. The first-order valence-corrected chi connectivity index (χ1v) is 7.17. The molecule has 6 nitrogen and oxygen atoms in total. The summed E-state index contributed by atoms with van der Waals surface area (Å²) in [5, 5.41) is 11.9. The molecular formula is C16H17N3O3. The van der Waals surface area contributed by atoms with Gasteiger partial charge in [0.25, 0.3) is 11.5 Å². The lowest BCUT2D eigenvalue weighted by atomic mass is 10.1. The number of aryl methyl sites for hydroxylation is 1. The Labute approximate surface area is 127 Å². The molecule has 1 amide bonds. The highest BCUT2D eigenvalue weighted by Gasteiger charge is 2.22. The summed E-state index contributed by atoms with van der Waals surface area (Å²) in [6.45, 7) is 1.92. The number of carbonyl (C=O) groups is 1. The van der Waals surface area contributed by atoms with E-state index in [1.54, 1.807) is 12.3 Å². The van der Waals surface area contributed by atoms with E-state index in [4.69, 9.17) is 5.11 Å². The minimum atomic E-state index is -0.443. The predicted molar refractivity (Wildman–Crippen MR) is 81.8 cm³/mol. The molecule has 0 saturated carbocycles. The second-order valence-corrected chi connectivity index (χ2v) is 5.51. The Hall–Kier alpha value is -2.47. The molecule has 2 aromatic heterocycles. The summed E-state index contributed by atoms with van der Waals surface area (Å²) in [7, 11) is 0. The van der Waals surface area contributed by atoms with Crippen LogP contribution in [-0.2, 0) is 0 Å². The molecule has 1 aliphatic carbocycles. The zero-order valence-corrected chi connectivity index (χ0v) is 12.2. The largest absolute Gasteiger partial charge is 0.396 e. The van der Waals surface area contributed by atoms with Gasteiger partial charge < -0.3 is 10.4 Å². The van der Waals surface area contributed by atoms with Crippen LogP contribution < -0.4 is 10.9 Å². The van der Waals surface area contributed by atoms with Gasteiger partial charge in [0, 0.05) is 31.0 Å². The first-order chi connectivity index (χ1) is 10.6. The maximum atomic E-state index is 12.4. The molecule has 0 radical (unpaired) electrons. The monoisotopic (exact) mass is 299 g/mol. The van der Waals surface area contributed by atoms with Crippen LogP contribution in [0.25, 0.3) is 5.65 Å². The number of rotatable bonds is 3. The van der Waals surface area contributed by atoms with Crippen molar-refractivity contribution in [3.63, 3.8) is 0 Å². The van der Waals surface area contributed by atoms with Crippen molar-refractivity contribution in [1.82, 2.24) is 14.7 Å². The van der Waals surface area contributed by atoms with Gasteiger partial charge in [-0.05, 0) is 25.0 Å². The summed E-state index contributed by atoms with van der Waals surface area (Å²) in [6.07, 6.45) is 7.28. The average molecular weight is 299 g/mol. The normalized spacial score (nSPS) is 20.5. The topological polar surface area (TPSA) is 83.7 Å². The molecule has 6 heteroatoms. The van der Waals surface area contributed by atoms with Gasteiger partial charge in [0.1, 0.15) is 11.2 Å². The molecule has 1 aliphatic rings. The van der Waals surface area contributed by atoms with Gasteiger partial charge in [0.2, 0.25) is 0 Å². The Balaban J connectivity index is 1.88. The van der Waals surface area contributed by atoms with Crippen molar-refractivity contribution in [2.75, 3.05) is 6.61 Å². The molecule has 0 fully saturated rings. The van der Waals surface area contributed by atoms with Crippen molar-refractivity contribution < 1.29 is 9.90 Å². The number of nitrogens with zero attached hydrogens (tertiary/aromatic N) is 2. The molecule has 0 bridgehead atoms. The summed E-state index contributed by atoms with van der Waals surface area (Å²) >= 11 is 0. The molecule has 2 atom stereocenters. The molecule has 114 valence electrons. The molecule has 2 N–H and O–H groups in total. The minimum absolute atomic E-state index is 0.0175. The third-order valence-electron chi connectivity index (χ3n) is 3.90. The molecular weight excluding hydrogens is 282 g/mol. The predicted octanol–water partition coefficient (Wildman–Crippen LogP) is 0.670. The summed E-state index contributed by atoms with van der Waals surface area (Å²) in [4.78, 5) is 28.9. The van der Waals surface area contributed by atoms with Crippen LogP contribution in [0, 0.1) is 12.8 Å². The standard InChI is InChI=1S/C16H17N3O3/c1-10-3-2-6-19-14(10)17-8-13(16(19)22)15(21)18-12-5-4-11(7-12)9-20/h2-6,8,11-12,20H,7,9H2,1H3,(H,18,21)/t11-,12+/m0/s1. The minimum Gasteiger partial charge on any atom is -0.396 e. The number of hydrogen-bond acceptors (Lipinski definition) is 4. The number of carbonyl (C=O) groups excluding carboxylic acids is 1. The zero-order chi connectivity index (χ0) is 15.7. The fourth-order valence-electron chi connectivity index (χ4n) is 2.67. The molecule has 2 aromatic rings. The summed E-state index contributed by atoms with van der Waals surface area (Å²) in [6, 6.07) is 3.45.